The zero-order chi connectivity index (χ0) is 14.4. The van der Waals surface area contributed by atoms with Crippen LogP contribution in [0.5, 0.6) is 0 Å². The summed E-state index contributed by atoms with van der Waals surface area (Å²) < 4.78 is 6.62. The molecule has 1 heterocycles. The molecule has 20 heavy (non-hydrogen) atoms. The second-order valence-electron chi connectivity index (χ2n) is 4.62. The molecule has 1 aromatic carbocycles. The van der Waals surface area contributed by atoms with Crippen molar-refractivity contribution in [3.63, 3.8) is 0 Å². The molecule has 2 aromatic rings. The van der Waals surface area contributed by atoms with Crippen molar-refractivity contribution >= 4 is 5.97 Å². The molecule has 0 radical (unpaired) electrons. The summed E-state index contributed by atoms with van der Waals surface area (Å²) in [6.45, 7) is 2.10. The molecule has 0 spiro atoms. The van der Waals surface area contributed by atoms with Crippen molar-refractivity contribution in [3.05, 3.63) is 42.2 Å². The number of ether oxygens (including phenoxy) is 1. The summed E-state index contributed by atoms with van der Waals surface area (Å²) in [4.78, 5) is 12.0. The van der Waals surface area contributed by atoms with Gasteiger partial charge in [0.15, 0.2) is 0 Å². The Kier molecular flexibility index (Phi) is 4.87. The molecule has 0 saturated carbocycles. The van der Waals surface area contributed by atoms with Crippen molar-refractivity contribution in [1.82, 2.24) is 15.0 Å². The first-order valence-electron chi connectivity index (χ1n) is 6.81. The Balaban J connectivity index is 2.35. The van der Waals surface area contributed by atoms with Crippen LogP contribution >= 0.6 is 0 Å². The van der Waals surface area contributed by atoms with Crippen molar-refractivity contribution in [3.8, 4) is 5.69 Å². The maximum Gasteiger partial charge on any atom is 0.314 e. The van der Waals surface area contributed by atoms with Crippen molar-refractivity contribution in [2.75, 3.05) is 7.11 Å². The number of hydrogen-bond donors (Lipinski definition) is 0. The van der Waals surface area contributed by atoms with Gasteiger partial charge in [-0.15, -0.1) is 5.10 Å². The van der Waals surface area contributed by atoms with Crippen LogP contribution in [0.25, 0.3) is 5.69 Å². The van der Waals surface area contributed by atoms with Crippen LogP contribution in [-0.2, 0) is 9.53 Å². The maximum absolute atomic E-state index is 12.0. The van der Waals surface area contributed by atoms with Crippen molar-refractivity contribution in [2.45, 2.75) is 32.1 Å². The molecule has 1 aromatic heterocycles. The summed E-state index contributed by atoms with van der Waals surface area (Å²) in [6, 6.07) is 9.67. The average molecular weight is 273 g/mol. The standard InChI is InChI=1S/C15H19N3O2/c1-3-4-10-13(15(19)20-2)14-11-16-17-18(14)12-8-6-5-7-9-12/h5-9,11,13H,3-4,10H2,1-2H3. The topological polar surface area (TPSA) is 57.0 Å². The van der Waals surface area contributed by atoms with Gasteiger partial charge in [0.05, 0.1) is 24.7 Å². The molecule has 0 saturated heterocycles. The Morgan fingerprint density at radius 2 is 2.10 bits per heavy atom. The van der Waals surface area contributed by atoms with Crippen LogP contribution in [0.3, 0.4) is 0 Å². The van der Waals surface area contributed by atoms with E-state index >= 15 is 0 Å². The van der Waals surface area contributed by atoms with Crippen LogP contribution in [0.4, 0.5) is 0 Å². The van der Waals surface area contributed by atoms with Crippen molar-refractivity contribution < 1.29 is 9.53 Å². The number of carbonyl (C=O) groups excluding carboxylic acids is 1. The third-order valence-corrected chi connectivity index (χ3v) is 3.27. The lowest BCUT2D eigenvalue weighted by Gasteiger charge is -2.15. The predicted molar refractivity (Wildman–Crippen MR) is 75.6 cm³/mol. The van der Waals surface area contributed by atoms with E-state index in [0.29, 0.717) is 0 Å². The number of para-hydroxylation sites is 1. The second kappa shape index (κ2) is 6.84. The molecule has 0 bridgehead atoms. The number of nitrogens with zero attached hydrogens (tertiary/aromatic N) is 3. The first kappa shape index (κ1) is 14.2. The third kappa shape index (κ3) is 3.04. The molecule has 1 unspecified atom stereocenters. The minimum Gasteiger partial charge on any atom is -0.469 e. The minimum atomic E-state index is -0.324. The molecule has 0 aliphatic rings. The number of rotatable bonds is 6. The minimum absolute atomic E-state index is 0.238. The lowest BCUT2D eigenvalue weighted by Crippen LogP contribution is -2.18. The van der Waals surface area contributed by atoms with Crippen molar-refractivity contribution in [1.29, 1.82) is 0 Å². The Hall–Kier alpha value is -2.17. The fourth-order valence-corrected chi connectivity index (χ4v) is 2.19. The van der Waals surface area contributed by atoms with Gasteiger partial charge >= 0.3 is 5.97 Å². The maximum atomic E-state index is 12.0. The van der Waals surface area contributed by atoms with Gasteiger partial charge in [-0.05, 0) is 18.6 Å². The number of esters is 1. The summed E-state index contributed by atoms with van der Waals surface area (Å²) in [5.41, 5.74) is 1.67. The van der Waals surface area contributed by atoms with Gasteiger partial charge in [-0.25, -0.2) is 4.68 Å². The SMILES string of the molecule is CCCCC(C(=O)OC)c1cnnn1-c1ccccc1. The van der Waals surface area contributed by atoms with Gasteiger partial charge in [0.1, 0.15) is 5.92 Å². The predicted octanol–water partition coefficient (Wildman–Crippen LogP) is 2.71. The van der Waals surface area contributed by atoms with E-state index in [1.165, 1.54) is 7.11 Å². The molecule has 5 nitrogen and oxygen atoms in total. The van der Waals surface area contributed by atoms with Gasteiger partial charge in [0.2, 0.25) is 0 Å². The van der Waals surface area contributed by atoms with Crippen molar-refractivity contribution in [2.24, 2.45) is 0 Å². The molecule has 1 atom stereocenters. The molecular formula is C15H19N3O2. The highest BCUT2D eigenvalue weighted by Gasteiger charge is 2.25. The Morgan fingerprint density at radius 1 is 1.35 bits per heavy atom. The van der Waals surface area contributed by atoms with Gasteiger partial charge < -0.3 is 4.74 Å². The van der Waals surface area contributed by atoms with Gasteiger partial charge in [-0.2, -0.15) is 0 Å². The van der Waals surface area contributed by atoms with E-state index in [1.807, 2.05) is 30.3 Å². The number of hydrogen-bond acceptors (Lipinski definition) is 4. The number of unbranched alkanes of at least 4 members (excludes halogenated alkanes) is 1. The van der Waals surface area contributed by atoms with Crippen LogP contribution in [0.2, 0.25) is 0 Å². The normalized spacial score (nSPS) is 12.1. The second-order valence-corrected chi connectivity index (χ2v) is 4.62. The number of benzene rings is 1. The van der Waals surface area contributed by atoms with E-state index in [-0.39, 0.29) is 11.9 Å². The molecule has 2 rings (SSSR count). The summed E-state index contributed by atoms with van der Waals surface area (Å²) in [5.74, 6) is -0.562. The fraction of sp³-hybridized carbons (Fsp3) is 0.400. The van der Waals surface area contributed by atoms with Crippen LogP contribution < -0.4 is 0 Å². The largest absolute Gasteiger partial charge is 0.469 e. The number of aromatic nitrogens is 3. The highest BCUT2D eigenvalue weighted by atomic mass is 16.5. The number of carbonyl (C=O) groups is 1. The van der Waals surface area contributed by atoms with Gasteiger partial charge in [0.25, 0.3) is 0 Å². The van der Waals surface area contributed by atoms with Gasteiger partial charge in [0, 0.05) is 0 Å². The Labute approximate surface area is 118 Å². The molecular weight excluding hydrogens is 254 g/mol. The van der Waals surface area contributed by atoms with E-state index in [4.69, 9.17) is 4.74 Å². The van der Waals surface area contributed by atoms with Crippen LogP contribution in [0, 0.1) is 0 Å². The lowest BCUT2D eigenvalue weighted by atomic mass is 9.99. The molecule has 106 valence electrons. The van der Waals surface area contributed by atoms with E-state index in [2.05, 4.69) is 17.2 Å². The first-order chi connectivity index (χ1) is 9.77. The first-order valence-corrected chi connectivity index (χ1v) is 6.81. The van der Waals surface area contributed by atoms with Crippen LogP contribution in [0.1, 0.15) is 37.8 Å². The Morgan fingerprint density at radius 3 is 2.75 bits per heavy atom. The lowest BCUT2D eigenvalue weighted by molar-refractivity contribution is -0.142. The van der Waals surface area contributed by atoms with E-state index in [1.54, 1.807) is 10.9 Å². The third-order valence-electron chi connectivity index (χ3n) is 3.27. The molecule has 0 N–H and O–H groups in total. The summed E-state index contributed by atoms with van der Waals surface area (Å²) in [7, 11) is 1.41. The quantitative estimate of drug-likeness (QED) is 0.759. The molecule has 0 fully saturated rings. The fourth-order valence-electron chi connectivity index (χ4n) is 2.19. The smallest absolute Gasteiger partial charge is 0.314 e. The summed E-state index contributed by atoms with van der Waals surface area (Å²) in [5, 5.41) is 8.04. The molecule has 0 aliphatic carbocycles. The number of methoxy groups -OCH3 is 1. The van der Waals surface area contributed by atoms with Gasteiger partial charge in [-0.1, -0.05) is 43.2 Å². The zero-order valence-electron chi connectivity index (χ0n) is 11.8. The Bertz CT molecular complexity index is 551. The molecule has 0 aliphatic heterocycles. The van der Waals surface area contributed by atoms with E-state index < -0.39 is 0 Å². The van der Waals surface area contributed by atoms with E-state index in [0.717, 1.165) is 30.6 Å². The molecule has 5 heteroatoms. The summed E-state index contributed by atoms with van der Waals surface area (Å²) >= 11 is 0. The zero-order valence-corrected chi connectivity index (χ0v) is 11.8. The monoisotopic (exact) mass is 273 g/mol. The highest BCUT2D eigenvalue weighted by molar-refractivity contribution is 5.77. The summed E-state index contributed by atoms with van der Waals surface area (Å²) in [6.07, 6.45) is 4.37. The van der Waals surface area contributed by atoms with E-state index in [9.17, 15) is 4.79 Å². The van der Waals surface area contributed by atoms with Crippen LogP contribution in [-0.4, -0.2) is 28.1 Å². The highest BCUT2D eigenvalue weighted by Crippen LogP contribution is 2.24. The van der Waals surface area contributed by atoms with Crippen LogP contribution in [0.15, 0.2) is 36.5 Å². The molecule has 0 amide bonds. The van der Waals surface area contributed by atoms with Gasteiger partial charge in [-0.3, -0.25) is 4.79 Å². The average Bonchev–Trinajstić information content (AvgIpc) is 2.97.